The van der Waals surface area contributed by atoms with Crippen LogP contribution in [0.15, 0.2) is 29.4 Å². The lowest BCUT2D eigenvalue weighted by atomic mass is 9.73. The molecule has 5 heteroatoms. The molecule has 1 aliphatic heterocycles. The molecule has 0 aromatic heterocycles. The number of amides is 1. The van der Waals surface area contributed by atoms with E-state index in [4.69, 9.17) is 11.6 Å². The van der Waals surface area contributed by atoms with E-state index in [1.54, 1.807) is 31.2 Å². The van der Waals surface area contributed by atoms with Crippen molar-refractivity contribution in [2.45, 2.75) is 34.1 Å². The van der Waals surface area contributed by atoms with Crippen LogP contribution in [0.1, 0.15) is 34.1 Å². The van der Waals surface area contributed by atoms with E-state index in [0.717, 1.165) is 5.71 Å². The molecule has 0 spiro atoms. The Hall–Kier alpha value is -1.68. The van der Waals surface area contributed by atoms with Crippen molar-refractivity contribution in [2.24, 2.45) is 16.4 Å². The van der Waals surface area contributed by atoms with E-state index < -0.39 is 5.41 Å². The molecule has 0 saturated carbocycles. The van der Waals surface area contributed by atoms with Gasteiger partial charge in [-0.3, -0.25) is 4.79 Å². The number of ketones is 1. The lowest BCUT2D eigenvalue weighted by Gasteiger charge is -2.29. The van der Waals surface area contributed by atoms with Crippen LogP contribution in [-0.4, -0.2) is 17.4 Å². The maximum atomic E-state index is 12.7. The Kier molecular flexibility index (Phi) is 4.19. The predicted molar refractivity (Wildman–Crippen MR) is 84.6 cm³/mol. The summed E-state index contributed by atoms with van der Waals surface area (Å²) < 4.78 is 0. The molecule has 1 atom stereocenters. The van der Waals surface area contributed by atoms with Gasteiger partial charge in [-0.1, -0.05) is 25.4 Å². The van der Waals surface area contributed by atoms with Crippen molar-refractivity contribution in [3.63, 3.8) is 0 Å². The molecule has 0 saturated heterocycles. The number of rotatable bonds is 4. The van der Waals surface area contributed by atoms with Gasteiger partial charge in [0.25, 0.3) is 5.91 Å². The molecule has 1 heterocycles. The van der Waals surface area contributed by atoms with Gasteiger partial charge in [-0.05, 0) is 43.5 Å². The number of Topliss-reactive ketones (excluding diaryl/α,β-unsaturated/α-hetero) is 1. The molecule has 1 aromatic carbocycles. The lowest BCUT2D eigenvalue weighted by molar-refractivity contribution is -0.124. The fourth-order valence-electron chi connectivity index (χ4n) is 2.98. The highest BCUT2D eigenvalue weighted by molar-refractivity contribution is 6.30. The monoisotopic (exact) mass is 306 g/mol. The van der Waals surface area contributed by atoms with Gasteiger partial charge in [0.1, 0.15) is 5.78 Å². The first kappa shape index (κ1) is 15.7. The van der Waals surface area contributed by atoms with Gasteiger partial charge in [0.05, 0.1) is 11.6 Å². The van der Waals surface area contributed by atoms with Crippen molar-refractivity contribution in [3.05, 3.63) is 29.3 Å². The molecular weight excluding hydrogens is 288 g/mol. The third-order valence-corrected chi connectivity index (χ3v) is 3.94. The molecule has 21 heavy (non-hydrogen) atoms. The average Bonchev–Trinajstić information content (AvgIpc) is 2.64. The van der Waals surface area contributed by atoms with Gasteiger partial charge in [0, 0.05) is 17.2 Å². The topological polar surface area (TPSA) is 49.7 Å². The molecule has 2 rings (SSSR count). The van der Waals surface area contributed by atoms with Crippen molar-refractivity contribution in [3.8, 4) is 0 Å². The molecular formula is C16H19ClN2O2. The van der Waals surface area contributed by atoms with E-state index in [9.17, 15) is 9.59 Å². The van der Waals surface area contributed by atoms with Crippen LogP contribution in [-0.2, 0) is 9.59 Å². The van der Waals surface area contributed by atoms with Crippen molar-refractivity contribution < 1.29 is 9.59 Å². The zero-order valence-electron chi connectivity index (χ0n) is 12.7. The van der Waals surface area contributed by atoms with Gasteiger partial charge >= 0.3 is 0 Å². The van der Waals surface area contributed by atoms with Crippen LogP contribution in [0.5, 0.6) is 0 Å². The van der Waals surface area contributed by atoms with Gasteiger partial charge in [-0.2, -0.15) is 5.10 Å². The SMILES string of the molecule is CC(=O)CC(C)(C)C1C(=O)N(c2ccc(Cl)cc2)N=C1C. The van der Waals surface area contributed by atoms with Crippen LogP contribution in [0.4, 0.5) is 5.69 Å². The molecule has 112 valence electrons. The summed E-state index contributed by atoms with van der Waals surface area (Å²) >= 11 is 5.87. The first-order valence-electron chi connectivity index (χ1n) is 6.86. The van der Waals surface area contributed by atoms with Gasteiger partial charge in [-0.25, -0.2) is 5.01 Å². The highest BCUT2D eigenvalue weighted by Crippen LogP contribution is 2.38. The molecule has 0 bridgehead atoms. The van der Waals surface area contributed by atoms with Crippen LogP contribution in [0.25, 0.3) is 0 Å². The third-order valence-electron chi connectivity index (χ3n) is 3.69. The molecule has 1 aliphatic rings. The maximum absolute atomic E-state index is 12.7. The fourth-order valence-corrected chi connectivity index (χ4v) is 3.10. The molecule has 4 nitrogen and oxygen atoms in total. The average molecular weight is 307 g/mol. The number of halogens is 1. The van der Waals surface area contributed by atoms with Crippen molar-refractivity contribution >= 4 is 34.7 Å². The number of benzene rings is 1. The normalized spacial score (nSPS) is 18.9. The maximum Gasteiger partial charge on any atom is 0.256 e. The Morgan fingerprint density at radius 1 is 1.33 bits per heavy atom. The van der Waals surface area contributed by atoms with E-state index >= 15 is 0 Å². The van der Waals surface area contributed by atoms with Crippen LogP contribution >= 0.6 is 11.6 Å². The van der Waals surface area contributed by atoms with Crippen molar-refractivity contribution in [1.29, 1.82) is 0 Å². The minimum Gasteiger partial charge on any atom is -0.300 e. The first-order valence-corrected chi connectivity index (χ1v) is 7.24. The Labute approximate surface area is 129 Å². The van der Waals surface area contributed by atoms with Gasteiger partial charge < -0.3 is 4.79 Å². The Bertz CT molecular complexity index is 605. The summed E-state index contributed by atoms with van der Waals surface area (Å²) in [6.07, 6.45) is 0.352. The van der Waals surface area contributed by atoms with Crippen molar-refractivity contribution in [2.75, 3.05) is 5.01 Å². The quantitative estimate of drug-likeness (QED) is 0.852. The van der Waals surface area contributed by atoms with Gasteiger partial charge in [0.2, 0.25) is 0 Å². The van der Waals surface area contributed by atoms with Crippen LogP contribution in [0.2, 0.25) is 5.02 Å². The number of nitrogens with zero attached hydrogens (tertiary/aromatic N) is 2. The summed E-state index contributed by atoms with van der Waals surface area (Å²) in [4.78, 5) is 24.1. The van der Waals surface area contributed by atoms with E-state index in [2.05, 4.69) is 5.10 Å². The summed E-state index contributed by atoms with van der Waals surface area (Å²) in [5.74, 6) is -0.399. The van der Waals surface area contributed by atoms with Crippen LogP contribution < -0.4 is 5.01 Å². The summed E-state index contributed by atoms with van der Waals surface area (Å²) in [5, 5.41) is 6.38. The molecule has 0 fully saturated rings. The smallest absolute Gasteiger partial charge is 0.256 e. The van der Waals surface area contributed by atoms with Gasteiger partial charge in [-0.15, -0.1) is 0 Å². The van der Waals surface area contributed by atoms with E-state index in [-0.39, 0.29) is 17.6 Å². The molecule has 1 aromatic rings. The Balaban J connectivity index is 2.30. The predicted octanol–water partition coefficient (Wildman–Crippen LogP) is 3.68. The lowest BCUT2D eigenvalue weighted by Crippen LogP contribution is -2.38. The largest absolute Gasteiger partial charge is 0.300 e. The molecule has 0 N–H and O–H groups in total. The number of carbonyl (C=O) groups is 2. The van der Waals surface area contributed by atoms with E-state index in [1.165, 1.54) is 5.01 Å². The van der Waals surface area contributed by atoms with E-state index in [0.29, 0.717) is 17.1 Å². The summed E-state index contributed by atoms with van der Waals surface area (Å²) in [6, 6.07) is 6.97. The minimum atomic E-state index is -0.447. The summed E-state index contributed by atoms with van der Waals surface area (Å²) in [7, 11) is 0. The minimum absolute atomic E-state index is 0.0746. The molecule has 1 amide bonds. The Morgan fingerprint density at radius 2 is 1.90 bits per heavy atom. The Morgan fingerprint density at radius 3 is 2.43 bits per heavy atom. The highest BCUT2D eigenvalue weighted by Gasteiger charge is 2.44. The van der Waals surface area contributed by atoms with Crippen molar-refractivity contribution in [1.82, 2.24) is 0 Å². The number of hydrogen-bond acceptors (Lipinski definition) is 3. The number of hydrazone groups is 1. The number of carbonyl (C=O) groups excluding carboxylic acids is 2. The standard InChI is InChI=1S/C16H19ClN2O2/c1-10(20)9-16(3,4)14-11(2)18-19(15(14)21)13-7-5-12(17)6-8-13/h5-8,14H,9H2,1-4H3. The summed E-state index contributed by atoms with van der Waals surface area (Å²) in [6.45, 7) is 7.24. The highest BCUT2D eigenvalue weighted by atomic mass is 35.5. The van der Waals surface area contributed by atoms with Crippen LogP contribution in [0, 0.1) is 11.3 Å². The fraction of sp³-hybridized carbons (Fsp3) is 0.438. The van der Waals surface area contributed by atoms with Gasteiger partial charge in [0.15, 0.2) is 0 Å². The second-order valence-electron chi connectivity index (χ2n) is 6.17. The zero-order chi connectivity index (χ0) is 15.8. The second-order valence-corrected chi connectivity index (χ2v) is 6.60. The first-order chi connectivity index (χ1) is 9.72. The number of anilines is 1. The zero-order valence-corrected chi connectivity index (χ0v) is 13.4. The summed E-state index contributed by atoms with van der Waals surface area (Å²) in [5.41, 5.74) is 0.976. The molecule has 1 unspecified atom stereocenters. The number of hydrogen-bond donors (Lipinski definition) is 0. The van der Waals surface area contributed by atoms with Crippen LogP contribution in [0.3, 0.4) is 0 Å². The molecule has 0 radical (unpaired) electrons. The third kappa shape index (κ3) is 3.16. The van der Waals surface area contributed by atoms with E-state index in [1.807, 2.05) is 20.8 Å². The molecule has 0 aliphatic carbocycles. The second kappa shape index (κ2) is 5.60.